The van der Waals surface area contributed by atoms with Crippen LogP contribution in [-0.4, -0.2) is 49.5 Å². The number of anilines is 1. The zero-order valence-electron chi connectivity index (χ0n) is 18.0. The second-order valence-electron chi connectivity index (χ2n) is 10.3. The number of rotatable bonds is 3. The van der Waals surface area contributed by atoms with Crippen molar-refractivity contribution in [2.24, 2.45) is 5.41 Å². The van der Waals surface area contributed by atoms with Crippen molar-refractivity contribution in [2.45, 2.75) is 84.0 Å². The van der Waals surface area contributed by atoms with Gasteiger partial charge in [0.05, 0.1) is 18.5 Å². The molecule has 2 bridgehead atoms. The third-order valence-electron chi connectivity index (χ3n) is 5.32. The number of hydrogen-bond acceptors (Lipinski definition) is 7. The van der Waals surface area contributed by atoms with Gasteiger partial charge < -0.3 is 19.9 Å². The fourth-order valence-corrected chi connectivity index (χ4v) is 4.59. The van der Waals surface area contributed by atoms with Crippen molar-refractivity contribution in [1.29, 1.82) is 0 Å². The summed E-state index contributed by atoms with van der Waals surface area (Å²) in [6, 6.07) is 0. The van der Waals surface area contributed by atoms with E-state index in [0.717, 1.165) is 12.8 Å². The standard InChI is InChI=1S/C20H31N5O4/c1-18(2,3)9-20-7-8-27-12(13(20)28-19(4,5)6)16(29-20)25-10-22-11-14(25)23-17(21)24-15(11)26/h10,12-13,16H,7-9H2,1-6H3,(H3,21,23,24,26)/t12-,13?,16+,20+/m0/s1. The fraction of sp³-hybridized carbons (Fsp3) is 0.750. The van der Waals surface area contributed by atoms with Crippen LogP contribution >= 0.6 is 0 Å². The third-order valence-corrected chi connectivity index (χ3v) is 5.32. The van der Waals surface area contributed by atoms with Crippen LogP contribution in [0.2, 0.25) is 0 Å². The van der Waals surface area contributed by atoms with Crippen molar-refractivity contribution in [3.63, 3.8) is 0 Å². The quantitative estimate of drug-likeness (QED) is 0.805. The van der Waals surface area contributed by atoms with Gasteiger partial charge in [-0.05, 0) is 32.6 Å². The zero-order chi connectivity index (χ0) is 21.2. The predicted octanol–water partition coefficient (Wildman–Crippen LogP) is 2.38. The van der Waals surface area contributed by atoms with E-state index in [4.69, 9.17) is 19.9 Å². The van der Waals surface area contributed by atoms with Crippen molar-refractivity contribution < 1.29 is 14.2 Å². The molecule has 1 unspecified atom stereocenters. The second-order valence-corrected chi connectivity index (χ2v) is 10.3. The maximum Gasteiger partial charge on any atom is 0.280 e. The Morgan fingerprint density at radius 2 is 2.07 bits per heavy atom. The molecule has 2 aliphatic rings. The fourth-order valence-electron chi connectivity index (χ4n) is 4.59. The molecule has 0 saturated carbocycles. The first-order valence-electron chi connectivity index (χ1n) is 10.1. The summed E-state index contributed by atoms with van der Waals surface area (Å²) in [6.45, 7) is 13.3. The number of fused-ring (bicyclic) bond motifs is 3. The van der Waals surface area contributed by atoms with E-state index in [0.29, 0.717) is 12.3 Å². The van der Waals surface area contributed by atoms with E-state index >= 15 is 0 Å². The van der Waals surface area contributed by atoms with Crippen LogP contribution in [0.5, 0.6) is 0 Å². The Bertz CT molecular complexity index is 970. The minimum atomic E-state index is -0.508. The molecule has 2 aromatic heterocycles. The minimum absolute atomic E-state index is 0.0348. The smallest absolute Gasteiger partial charge is 0.280 e. The molecular formula is C20H31N5O4. The van der Waals surface area contributed by atoms with Crippen LogP contribution < -0.4 is 11.3 Å². The third kappa shape index (κ3) is 3.67. The molecule has 0 aliphatic carbocycles. The van der Waals surface area contributed by atoms with E-state index in [-0.39, 0.29) is 40.2 Å². The summed E-state index contributed by atoms with van der Waals surface area (Å²) < 4.78 is 21.1. The number of nitrogens with one attached hydrogen (secondary N) is 1. The SMILES string of the molecule is CC(C)(C)C[C@]12CCO[C@@H](C1OC(C)(C)C)[C@H](n1cnc3c(=O)[nH]c(N)nc31)O2. The second kappa shape index (κ2) is 6.52. The van der Waals surface area contributed by atoms with Gasteiger partial charge in [-0.15, -0.1) is 0 Å². The van der Waals surface area contributed by atoms with Gasteiger partial charge in [0.2, 0.25) is 5.95 Å². The highest BCUT2D eigenvalue weighted by Crippen LogP contribution is 2.51. The molecule has 160 valence electrons. The molecule has 29 heavy (non-hydrogen) atoms. The normalized spacial score (nSPS) is 30.2. The van der Waals surface area contributed by atoms with Crippen LogP contribution in [0.3, 0.4) is 0 Å². The van der Waals surface area contributed by atoms with Crippen molar-refractivity contribution in [3.05, 3.63) is 16.7 Å². The van der Waals surface area contributed by atoms with Crippen LogP contribution in [0, 0.1) is 5.41 Å². The highest BCUT2D eigenvalue weighted by molar-refractivity contribution is 5.70. The lowest BCUT2D eigenvalue weighted by Crippen LogP contribution is -2.54. The number of aromatic amines is 1. The largest absolute Gasteiger partial charge is 0.371 e. The summed E-state index contributed by atoms with van der Waals surface area (Å²) >= 11 is 0. The first kappa shape index (κ1) is 20.3. The molecule has 2 saturated heterocycles. The lowest BCUT2D eigenvalue weighted by Gasteiger charge is -2.44. The summed E-state index contributed by atoms with van der Waals surface area (Å²) in [5.41, 5.74) is 5.18. The maximum atomic E-state index is 12.2. The van der Waals surface area contributed by atoms with E-state index in [1.54, 1.807) is 10.9 Å². The highest BCUT2D eigenvalue weighted by Gasteiger charge is 2.61. The number of hydrogen-bond donors (Lipinski definition) is 2. The van der Waals surface area contributed by atoms with Gasteiger partial charge in [-0.2, -0.15) is 4.98 Å². The van der Waals surface area contributed by atoms with Crippen molar-refractivity contribution in [3.8, 4) is 0 Å². The van der Waals surface area contributed by atoms with Gasteiger partial charge in [0, 0.05) is 6.42 Å². The van der Waals surface area contributed by atoms with Gasteiger partial charge in [-0.1, -0.05) is 20.8 Å². The average Bonchev–Trinajstić information content (AvgIpc) is 3.00. The summed E-state index contributed by atoms with van der Waals surface area (Å²) in [5, 5.41) is 0. The maximum absolute atomic E-state index is 12.2. The first-order valence-corrected chi connectivity index (χ1v) is 10.1. The number of ether oxygens (including phenoxy) is 3. The Morgan fingerprint density at radius 1 is 1.34 bits per heavy atom. The van der Waals surface area contributed by atoms with E-state index in [1.807, 2.05) is 20.8 Å². The molecule has 4 rings (SSSR count). The Labute approximate surface area is 169 Å². The molecule has 0 radical (unpaired) electrons. The number of aromatic nitrogens is 4. The van der Waals surface area contributed by atoms with Gasteiger partial charge in [0.25, 0.3) is 5.56 Å². The van der Waals surface area contributed by atoms with E-state index < -0.39 is 11.8 Å². The topological polar surface area (TPSA) is 117 Å². The van der Waals surface area contributed by atoms with Crippen LogP contribution in [0.4, 0.5) is 5.95 Å². The van der Waals surface area contributed by atoms with E-state index in [9.17, 15) is 4.79 Å². The monoisotopic (exact) mass is 405 g/mol. The van der Waals surface area contributed by atoms with Crippen molar-refractivity contribution in [2.75, 3.05) is 12.3 Å². The van der Waals surface area contributed by atoms with Gasteiger partial charge in [0.1, 0.15) is 17.8 Å². The zero-order valence-corrected chi connectivity index (χ0v) is 18.0. The van der Waals surface area contributed by atoms with E-state index in [1.165, 1.54) is 0 Å². The summed E-state index contributed by atoms with van der Waals surface area (Å²) in [5.74, 6) is 0.0398. The van der Waals surface area contributed by atoms with Gasteiger partial charge >= 0.3 is 0 Å². The predicted molar refractivity (Wildman–Crippen MR) is 108 cm³/mol. The number of nitrogen functional groups attached to an aromatic ring is 1. The molecule has 2 aliphatic heterocycles. The number of imidazole rings is 1. The van der Waals surface area contributed by atoms with Gasteiger partial charge in [-0.25, -0.2) is 4.98 Å². The molecule has 0 spiro atoms. The van der Waals surface area contributed by atoms with Crippen molar-refractivity contribution >= 4 is 17.1 Å². The molecule has 4 heterocycles. The lowest BCUT2D eigenvalue weighted by atomic mass is 9.76. The summed E-state index contributed by atoms with van der Waals surface area (Å²) in [6.07, 6.45) is 2.02. The highest BCUT2D eigenvalue weighted by atomic mass is 16.6. The van der Waals surface area contributed by atoms with Gasteiger partial charge in [0.15, 0.2) is 17.4 Å². The number of nitrogens with two attached hydrogens (primary N) is 1. The average molecular weight is 405 g/mol. The Morgan fingerprint density at radius 3 is 2.72 bits per heavy atom. The Balaban J connectivity index is 1.81. The molecule has 2 aromatic rings. The molecular weight excluding hydrogens is 374 g/mol. The molecule has 2 fully saturated rings. The molecule has 9 heteroatoms. The molecule has 0 amide bonds. The van der Waals surface area contributed by atoms with Crippen LogP contribution in [0.15, 0.2) is 11.1 Å². The molecule has 0 aromatic carbocycles. The van der Waals surface area contributed by atoms with E-state index in [2.05, 4.69) is 35.7 Å². The van der Waals surface area contributed by atoms with Crippen LogP contribution in [0.1, 0.15) is 60.6 Å². The van der Waals surface area contributed by atoms with Crippen LogP contribution in [0.25, 0.3) is 11.2 Å². The summed E-state index contributed by atoms with van der Waals surface area (Å²) in [7, 11) is 0. The molecule has 9 nitrogen and oxygen atoms in total. The number of H-pyrrole nitrogens is 1. The Kier molecular flexibility index (Phi) is 4.56. The number of nitrogens with zero attached hydrogens (tertiary/aromatic N) is 3. The van der Waals surface area contributed by atoms with Gasteiger partial charge in [-0.3, -0.25) is 14.3 Å². The lowest BCUT2D eigenvalue weighted by molar-refractivity contribution is -0.195. The molecule has 4 atom stereocenters. The first-order chi connectivity index (χ1) is 13.4. The molecule has 3 N–H and O–H groups in total. The Hall–Kier alpha value is -1.97. The minimum Gasteiger partial charge on any atom is -0.371 e. The van der Waals surface area contributed by atoms with Crippen LogP contribution in [-0.2, 0) is 14.2 Å². The summed E-state index contributed by atoms with van der Waals surface area (Å²) in [4.78, 5) is 23.2. The van der Waals surface area contributed by atoms with Crippen molar-refractivity contribution in [1.82, 2.24) is 19.5 Å².